The molecule has 0 saturated carbocycles. The van der Waals surface area contributed by atoms with E-state index in [1.807, 2.05) is 60.9 Å². The van der Waals surface area contributed by atoms with Crippen molar-refractivity contribution in [1.29, 1.82) is 0 Å². The van der Waals surface area contributed by atoms with Crippen molar-refractivity contribution in [2.75, 3.05) is 0 Å². The number of aryl methyl sites for hydroxylation is 1. The van der Waals surface area contributed by atoms with Gasteiger partial charge in [-0.15, -0.1) is 0 Å². The van der Waals surface area contributed by atoms with Gasteiger partial charge in [0.1, 0.15) is 5.82 Å². The molecule has 9 rings (SSSR count). The van der Waals surface area contributed by atoms with Crippen LogP contribution in [0, 0.1) is 0 Å². The molecule has 47 heavy (non-hydrogen) atoms. The summed E-state index contributed by atoms with van der Waals surface area (Å²) in [5.74, 6) is -0.144. The Bertz CT molecular complexity index is 2750. The number of imidazole rings is 1. The van der Waals surface area contributed by atoms with E-state index in [0.29, 0.717) is 16.7 Å². The van der Waals surface area contributed by atoms with Crippen LogP contribution in [0.15, 0.2) is 158 Å². The van der Waals surface area contributed by atoms with E-state index in [0.717, 1.165) is 49.4 Å². The first kappa shape index (κ1) is 22.4. The van der Waals surface area contributed by atoms with Crippen LogP contribution >= 0.6 is 0 Å². The van der Waals surface area contributed by atoms with Crippen LogP contribution in [-0.4, -0.2) is 14.5 Å². The van der Waals surface area contributed by atoms with Crippen molar-refractivity contribution in [3.63, 3.8) is 0 Å². The third-order valence-corrected chi connectivity index (χ3v) is 9.16. The van der Waals surface area contributed by atoms with Gasteiger partial charge in [-0.3, -0.25) is 9.55 Å². The first-order valence-corrected chi connectivity index (χ1v) is 15.7. The Balaban J connectivity index is 1.20. The Morgan fingerprint density at radius 1 is 0.553 bits per heavy atom. The second-order valence-electron chi connectivity index (χ2n) is 11.8. The predicted molar refractivity (Wildman–Crippen MR) is 197 cm³/mol. The number of nitrogens with zero attached hydrogens (tertiary/aromatic N) is 3. The number of hydrogen-bond acceptors (Lipinski definition) is 2. The van der Waals surface area contributed by atoms with Gasteiger partial charge in [-0.05, 0) is 108 Å². The van der Waals surface area contributed by atoms with Crippen LogP contribution in [0.4, 0.5) is 0 Å². The summed E-state index contributed by atoms with van der Waals surface area (Å²) in [5, 5.41) is 6.62. The molecule has 0 fully saturated rings. The number of pyridine rings is 1. The molecule has 2 heterocycles. The summed E-state index contributed by atoms with van der Waals surface area (Å²) in [6, 6.07) is 49.6. The van der Waals surface area contributed by atoms with Gasteiger partial charge in [0.05, 0.1) is 11.0 Å². The lowest BCUT2D eigenvalue weighted by Gasteiger charge is -2.18. The molecular formula is C44H31N3. The summed E-state index contributed by atoms with van der Waals surface area (Å²) in [4.78, 5) is 8.66. The van der Waals surface area contributed by atoms with Gasteiger partial charge in [0, 0.05) is 31.3 Å². The maximum Gasteiger partial charge on any atom is 0.114 e. The average molecular weight is 607 g/mol. The Hall–Kier alpha value is -6.06. The molecule has 0 spiro atoms. The maximum absolute atomic E-state index is 8.59. The summed E-state index contributed by atoms with van der Waals surface area (Å²) in [6.45, 7) is -2.90. The topological polar surface area (TPSA) is 30.7 Å². The number of aromatic nitrogens is 3. The highest BCUT2D eigenvalue weighted by atomic mass is 15.1. The minimum Gasteiger partial charge on any atom is -0.296 e. The number of hydrogen-bond donors (Lipinski definition) is 0. The van der Waals surface area contributed by atoms with Crippen molar-refractivity contribution in [1.82, 2.24) is 14.5 Å². The SMILES string of the molecule is [2H]C([2H])([2H])C([2H])([2H])c1nc2ccccc2n1-c1ccc2cc(-c3c4ccccc4c(-c4ccc(-c5ccncc5)cc4)c4ccccc34)ccc2c1. The monoisotopic (exact) mass is 606 g/mol. The fourth-order valence-corrected chi connectivity index (χ4v) is 7.02. The Morgan fingerprint density at radius 3 is 1.81 bits per heavy atom. The summed E-state index contributed by atoms with van der Waals surface area (Å²) in [6.07, 6.45) is 0.966. The van der Waals surface area contributed by atoms with Crippen molar-refractivity contribution in [3.05, 3.63) is 164 Å². The van der Waals surface area contributed by atoms with E-state index in [9.17, 15) is 0 Å². The molecular weight excluding hydrogens is 571 g/mol. The molecule has 0 N–H and O–H groups in total. The Labute approximate surface area is 280 Å². The molecule has 0 amide bonds. The van der Waals surface area contributed by atoms with Crippen molar-refractivity contribution in [3.8, 4) is 39.1 Å². The van der Waals surface area contributed by atoms with E-state index < -0.39 is 13.2 Å². The van der Waals surface area contributed by atoms with Crippen molar-refractivity contribution in [2.24, 2.45) is 0 Å². The van der Waals surface area contributed by atoms with E-state index >= 15 is 0 Å². The van der Waals surface area contributed by atoms with E-state index in [1.165, 1.54) is 16.3 Å². The largest absolute Gasteiger partial charge is 0.296 e. The van der Waals surface area contributed by atoms with E-state index in [2.05, 4.69) is 101 Å². The third-order valence-electron chi connectivity index (χ3n) is 9.16. The van der Waals surface area contributed by atoms with E-state index in [1.54, 1.807) is 10.6 Å². The van der Waals surface area contributed by atoms with Gasteiger partial charge in [0.2, 0.25) is 0 Å². The molecule has 0 atom stereocenters. The van der Waals surface area contributed by atoms with Crippen LogP contribution < -0.4 is 0 Å². The van der Waals surface area contributed by atoms with Crippen LogP contribution in [0.3, 0.4) is 0 Å². The summed E-state index contributed by atoms with van der Waals surface area (Å²) < 4.78 is 42.7. The smallest absolute Gasteiger partial charge is 0.114 e. The molecule has 0 aliphatic heterocycles. The lowest BCUT2D eigenvalue weighted by Crippen LogP contribution is -2.00. The van der Waals surface area contributed by atoms with Crippen LogP contribution in [0.25, 0.3) is 82.4 Å². The molecule has 3 nitrogen and oxygen atoms in total. The minimum absolute atomic E-state index is 0.144. The molecule has 0 aliphatic carbocycles. The minimum atomic E-state index is -2.90. The zero-order chi connectivity index (χ0) is 35.6. The number of benzene rings is 7. The molecule has 7 aromatic carbocycles. The first-order chi connectivity index (χ1) is 25.2. The molecule has 2 aromatic heterocycles. The zero-order valence-electron chi connectivity index (χ0n) is 30.4. The van der Waals surface area contributed by atoms with Crippen LogP contribution in [-0.2, 0) is 6.37 Å². The normalized spacial score (nSPS) is 13.7. The third kappa shape index (κ3) is 4.51. The summed E-state index contributed by atoms with van der Waals surface area (Å²) in [7, 11) is 0. The van der Waals surface area contributed by atoms with Gasteiger partial charge in [-0.2, -0.15) is 0 Å². The van der Waals surface area contributed by atoms with Crippen LogP contribution in [0.5, 0.6) is 0 Å². The van der Waals surface area contributed by atoms with E-state index in [4.69, 9.17) is 6.85 Å². The zero-order valence-corrected chi connectivity index (χ0v) is 25.4. The fourth-order valence-electron chi connectivity index (χ4n) is 7.02. The molecule has 9 aromatic rings. The van der Waals surface area contributed by atoms with Gasteiger partial charge in [-0.1, -0.05) is 110 Å². The van der Waals surface area contributed by atoms with Gasteiger partial charge in [0.15, 0.2) is 0 Å². The maximum atomic E-state index is 8.59. The molecule has 0 radical (unpaired) electrons. The molecule has 0 saturated heterocycles. The lowest BCUT2D eigenvalue weighted by atomic mass is 9.85. The highest BCUT2D eigenvalue weighted by Gasteiger charge is 2.17. The standard InChI is InChI=1S/C44H31N3/c1-2-42-46-40-13-7-8-14-41(40)47(42)35-22-21-32-27-34(20-19-33(32)28-35)44-38-11-5-3-9-36(38)43(37-10-4-6-12-39(37)44)31-17-15-29(16-18-31)30-23-25-45-26-24-30/h3-28H,2H2,1H3/i1D3,2D2. The van der Waals surface area contributed by atoms with Gasteiger partial charge < -0.3 is 0 Å². The number of fused-ring (bicyclic) bond motifs is 4. The Kier molecular flexibility index (Phi) is 5.29. The molecule has 0 aliphatic rings. The number of rotatable bonds is 5. The highest BCUT2D eigenvalue weighted by Crippen LogP contribution is 2.44. The molecule has 222 valence electrons. The number of para-hydroxylation sites is 2. The second-order valence-corrected chi connectivity index (χ2v) is 11.8. The molecule has 0 unspecified atom stereocenters. The van der Waals surface area contributed by atoms with Gasteiger partial charge in [-0.25, -0.2) is 4.98 Å². The molecule has 0 bridgehead atoms. The summed E-state index contributed by atoms with van der Waals surface area (Å²) in [5.41, 5.74) is 8.68. The van der Waals surface area contributed by atoms with Crippen molar-refractivity contribution < 1.29 is 6.85 Å². The van der Waals surface area contributed by atoms with Gasteiger partial charge >= 0.3 is 0 Å². The predicted octanol–water partition coefficient (Wildman–Crippen LogP) is 11.4. The quantitative estimate of drug-likeness (QED) is 0.183. The molecule has 3 heteroatoms. The average Bonchev–Trinajstić information content (AvgIpc) is 3.57. The van der Waals surface area contributed by atoms with Crippen LogP contribution in [0.1, 0.15) is 19.5 Å². The van der Waals surface area contributed by atoms with Crippen molar-refractivity contribution >= 4 is 43.4 Å². The second kappa shape index (κ2) is 11.1. The van der Waals surface area contributed by atoms with Gasteiger partial charge in [0.25, 0.3) is 0 Å². The fraction of sp³-hybridized carbons (Fsp3) is 0.0455. The highest BCUT2D eigenvalue weighted by molar-refractivity contribution is 6.21. The summed E-state index contributed by atoms with van der Waals surface area (Å²) >= 11 is 0. The van der Waals surface area contributed by atoms with Crippen LogP contribution in [0.2, 0.25) is 0 Å². The van der Waals surface area contributed by atoms with Crippen molar-refractivity contribution in [2.45, 2.75) is 13.2 Å². The Morgan fingerprint density at radius 2 is 1.11 bits per heavy atom. The lowest BCUT2D eigenvalue weighted by molar-refractivity contribution is 0.909. The first-order valence-electron chi connectivity index (χ1n) is 18.2. The van der Waals surface area contributed by atoms with E-state index in [-0.39, 0.29) is 5.82 Å².